The molecule has 0 aromatic carbocycles. The summed E-state index contributed by atoms with van der Waals surface area (Å²) in [5.41, 5.74) is 8.02. The second-order valence-electron chi connectivity index (χ2n) is 3.30. The van der Waals surface area contributed by atoms with Gasteiger partial charge in [-0.3, -0.25) is 9.59 Å². The van der Waals surface area contributed by atoms with Crippen LogP contribution in [0.15, 0.2) is 0 Å². The van der Waals surface area contributed by atoms with Gasteiger partial charge >= 0.3 is 5.71 Å². The summed E-state index contributed by atoms with van der Waals surface area (Å²) in [5.74, 6) is -0.415. The van der Waals surface area contributed by atoms with Crippen LogP contribution in [-0.2, 0) is 9.59 Å². The molecule has 0 spiro atoms. The lowest BCUT2D eigenvalue weighted by molar-refractivity contribution is -0.123. The Kier molecular flexibility index (Phi) is 3.53. The molecule has 0 aromatic heterocycles. The Morgan fingerprint density at radius 3 is 2.38 bits per heavy atom. The predicted molar refractivity (Wildman–Crippen MR) is 46.3 cm³/mol. The van der Waals surface area contributed by atoms with Gasteiger partial charge in [-0.15, -0.1) is 0 Å². The molecule has 0 saturated heterocycles. The Hall–Kier alpha value is -1.28. The zero-order chi connectivity index (χ0) is 9.68. The molecule has 1 aliphatic rings. The normalized spacial score (nSPS) is 17.5. The molecule has 0 aliphatic heterocycles. The molecule has 0 unspecified atom stereocenters. The van der Waals surface area contributed by atoms with Gasteiger partial charge in [-0.2, -0.15) is 4.79 Å². The molecule has 4 heteroatoms. The van der Waals surface area contributed by atoms with E-state index in [1.54, 1.807) is 0 Å². The minimum atomic E-state index is -0.341. The number of rotatable bonds is 3. The van der Waals surface area contributed by atoms with Gasteiger partial charge in [0, 0.05) is 5.92 Å². The summed E-state index contributed by atoms with van der Waals surface area (Å²) < 4.78 is 0. The van der Waals surface area contributed by atoms with Crippen LogP contribution in [0.5, 0.6) is 0 Å². The molecule has 0 N–H and O–H groups in total. The first-order chi connectivity index (χ1) is 6.29. The second-order valence-corrected chi connectivity index (χ2v) is 3.30. The van der Waals surface area contributed by atoms with Gasteiger partial charge in [0.25, 0.3) is 5.78 Å². The Bertz CT molecular complexity index is 261. The van der Waals surface area contributed by atoms with Crippen LogP contribution in [0.1, 0.15) is 32.1 Å². The summed E-state index contributed by atoms with van der Waals surface area (Å²) in [6.45, 7) is 0. The molecule has 0 atom stereocenters. The zero-order valence-electron chi connectivity index (χ0n) is 7.40. The fourth-order valence-corrected chi connectivity index (χ4v) is 1.70. The molecule has 70 valence electrons. The van der Waals surface area contributed by atoms with Crippen LogP contribution in [0.25, 0.3) is 5.53 Å². The third-order valence-corrected chi connectivity index (χ3v) is 2.45. The number of ketones is 1. The lowest BCUT2D eigenvalue weighted by Crippen LogP contribution is -2.27. The summed E-state index contributed by atoms with van der Waals surface area (Å²) in [5, 5.41) is 0. The highest BCUT2D eigenvalue weighted by atomic mass is 16.1. The van der Waals surface area contributed by atoms with Crippen LogP contribution in [0.3, 0.4) is 0 Å². The number of Topliss-reactive ketones (excluding diaryl/α,β-unsaturated/α-hetero) is 1. The fraction of sp³-hybridized carbons (Fsp3) is 0.667. The number of hydrogen-bond acceptors (Lipinski definition) is 2. The average Bonchev–Trinajstić information content (AvgIpc) is 2.21. The van der Waals surface area contributed by atoms with E-state index in [9.17, 15) is 9.59 Å². The van der Waals surface area contributed by atoms with Crippen molar-refractivity contribution < 1.29 is 14.4 Å². The smallest absolute Gasteiger partial charge is 0.360 e. The van der Waals surface area contributed by atoms with Crippen molar-refractivity contribution in [3.63, 3.8) is 0 Å². The van der Waals surface area contributed by atoms with Gasteiger partial charge in [-0.05, 0) is 12.8 Å². The van der Waals surface area contributed by atoms with Crippen LogP contribution in [-0.4, -0.2) is 22.6 Å². The van der Waals surface area contributed by atoms with Gasteiger partial charge in [0.05, 0.1) is 0 Å². The first-order valence-electron chi connectivity index (χ1n) is 4.51. The lowest BCUT2D eigenvalue weighted by atomic mass is 9.85. The minimum absolute atomic E-state index is 0.107. The maximum absolute atomic E-state index is 11.4. The Morgan fingerprint density at radius 2 is 1.92 bits per heavy atom. The summed E-state index contributed by atoms with van der Waals surface area (Å²) >= 11 is 0. The lowest BCUT2D eigenvalue weighted by Gasteiger charge is -2.17. The van der Waals surface area contributed by atoms with Crippen molar-refractivity contribution in [2.24, 2.45) is 5.92 Å². The molecule has 0 heterocycles. The monoisotopic (exact) mass is 180 g/mol. The number of nitrogens with zero attached hydrogens (tertiary/aromatic N) is 2. The molecule has 1 fully saturated rings. The van der Waals surface area contributed by atoms with Crippen molar-refractivity contribution in [1.29, 1.82) is 0 Å². The molecule has 0 amide bonds. The van der Waals surface area contributed by atoms with Crippen LogP contribution in [0, 0.1) is 5.92 Å². The molecule has 1 saturated carbocycles. The average molecular weight is 180 g/mol. The molecule has 1 aliphatic carbocycles. The predicted octanol–water partition coefficient (Wildman–Crippen LogP) is 1.01. The van der Waals surface area contributed by atoms with Crippen molar-refractivity contribution in [2.75, 3.05) is 0 Å². The number of hydrogen-bond donors (Lipinski definition) is 0. The third kappa shape index (κ3) is 2.33. The van der Waals surface area contributed by atoms with Gasteiger partial charge < -0.3 is 5.53 Å². The molecule has 0 bridgehead atoms. The highest BCUT2D eigenvalue weighted by Gasteiger charge is 2.29. The van der Waals surface area contributed by atoms with Crippen molar-refractivity contribution in [2.45, 2.75) is 32.1 Å². The summed E-state index contributed by atoms with van der Waals surface area (Å²) in [7, 11) is 0. The van der Waals surface area contributed by atoms with Gasteiger partial charge in [0.2, 0.25) is 6.29 Å². The molecule has 0 radical (unpaired) electrons. The summed E-state index contributed by atoms with van der Waals surface area (Å²) in [4.78, 5) is 24.4. The minimum Gasteiger partial charge on any atom is -0.360 e. The van der Waals surface area contributed by atoms with E-state index in [0.29, 0.717) is 6.29 Å². The van der Waals surface area contributed by atoms with Crippen LogP contribution in [0.2, 0.25) is 0 Å². The topological polar surface area (TPSA) is 70.5 Å². The van der Waals surface area contributed by atoms with Crippen LogP contribution < -0.4 is 0 Å². The first-order valence-corrected chi connectivity index (χ1v) is 4.51. The van der Waals surface area contributed by atoms with Gasteiger partial charge in [-0.25, -0.2) is 0 Å². The Labute approximate surface area is 76.6 Å². The van der Waals surface area contributed by atoms with E-state index in [4.69, 9.17) is 5.53 Å². The summed E-state index contributed by atoms with van der Waals surface area (Å²) in [6, 6.07) is 0. The molecule has 1 rings (SSSR count). The van der Waals surface area contributed by atoms with Crippen LogP contribution in [0.4, 0.5) is 0 Å². The molecular weight excluding hydrogens is 168 g/mol. The van der Waals surface area contributed by atoms with Crippen molar-refractivity contribution >= 4 is 17.8 Å². The van der Waals surface area contributed by atoms with Crippen LogP contribution >= 0.6 is 0 Å². The number of carbonyl (C=O) groups is 2. The standard InChI is InChI=1S/C9H12N2O2/c10-11-8(6-12)9(13)7-4-2-1-3-5-7/h6-7H,1-5H2. The highest BCUT2D eigenvalue weighted by Crippen LogP contribution is 2.24. The van der Waals surface area contributed by atoms with E-state index in [1.165, 1.54) is 0 Å². The largest absolute Gasteiger partial charge is 0.397 e. The SMILES string of the molecule is [N-]=[N+]=C(C=O)C(=O)C1CCCCC1. The fourth-order valence-electron chi connectivity index (χ4n) is 1.70. The molecule has 4 nitrogen and oxygen atoms in total. The van der Waals surface area contributed by atoms with E-state index in [0.717, 1.165) is 32.1 Å². The highest BCUT2D eigenvalue weighted by molar-refractivity contribution is 6.58. The van der Waals surface area contributed by atoms with Crippen molar-refractivity contribution in [1.82, 2.24) is 0 Å². The molecular formula is C9H12N2O2. The van der Waals surface area contributed by atoms with Crippen molar-refractivity contribution in [3.05, 3.63) is 5.53 Å². The number of carbonyl (C=O) groups excluding carboxylic acids is 2. The molecule has 13 heavy (non-hydrogen) atoms. The zero-order valence-corrected chi connectivity index (χ0v) is 7.40. The maximum Gasteiger partial charge on any atom is 0.397 e. The maximum atomic E-state index is 11.4. The number of aldehydes is 1. The van der Waals surface area contributed by atoms with Gasteiger partial charge in [-0.1, -0.05) is 19.3 Å². The second kappa shape index (κ2) is 4.67. The van der Waals surface area contributed by atoms with Crippen molar-refractivity contribution in [3.8, 4) is 0 Å². The van der Waals surface area contributed by atoms with E-state index in [1.807, 2.05) is 0 Å². The Balaban J connectivity index is 2.65. The van der Waals surface area contributed by atoms with E-state index >= 15 is 0 Å². The van der Waals surface area contributed by atoms with E-state index in [-0.39, 0.29) is 17.4 Å². The summed E-state index contributed by atoms with van der Waals surface area (Å²) in [6.07, 6.45) is 5.13. The third-order valence-electron chi connectivity index (χ3n) is 2.45. The Morgan fingerprint density at radius 1 is 1.31 bits per heavy atom. The van der Waals surface area contributed by atoms with Gasteiger partial charge in [0.15, 0.2) is 0 Å². The van der Waals surface area contributed by atoms with Gasteiger partial charge in [0.1, 0.15) is 0 Å². The first kappa shape index (κ1) is 9.81. The quantitative estimate of drug-likeness (QED) is 0.214. The van der Waals surface area contributed by atoms with E-state index in [2.05, 4.69) is 4.79 Å². The van der Waals surface area contributed by atoms with E-state index < -0.39 is 0 Å². The molecule has 0 aromatic rings.